The number of aliphatic hydroxyl groups is 1. The highest BCUT2D eigenvalue weighted by molar-refractivity contribution is 7.07. The summed E-state index contributed by atoms with van der Waals surface area (Å²) >= 11 is 6.16. The van der Waals surface area contributed by atoms with E-state index in [0.29, 0.717) is 5.54 Å². The second-order valence-corrected chi connectivity index (χ2v) is 7.58. The lowest BCUT2D eigenvalue weighted by atomic mass is 10.2. The largest absolute Gasteiger partial charge is 0.398 e. The minimum absolute atomic E-state index is 0.0302. The molecule has 1 saturated heterocycles. The normalized spacial score (nSPS) is 18.0. The molecular weight excluding hydrogens is 244 g/mol. The van der Waals surface area contributed by atoms with E-state index in [1.54, 1.807) is 0 Å². The van der Waals surface area contributed by atoms with Gasteiger partial charge < -0.3 is 15.3 Å². The van der Waals surface area contributed by atoms with Crippen molar-refractivity contribution in [3.63, 3.8) is 0 Å². The summed E-state index contributed by atoms with van der Waals surface area (Å²) in [5.41, 5.74) is 0.398. The second-order valence-electron chi connectivity index (χ2n) is 4.10. The quantitative estimate of drug-likeness (QED) is 0.538. The fraction of sp³-hybridized carbons (Fsp3) is 0.900. The summed E-state index contributed by atoms with van der Waals surface area (Å²) in [5, 5.41) is 11.9. The molecule has 0 bridgehead atoms. The number of carbonyl (C=O) groups is 1. The molecule has 6 heteroatoms. The molecule has 1 radical (unpaired) electrons. The van der Waals surface area contributed by atoms with Crippen LogP contribution in [0.15, 0.2) is 0 Å². The molecule has 0 aromatic carbocycles. The van der Waals surface area contributed by atoms with Crippen molar-refractivity contribution in [2.24, 2.45) is 0 Å². The summed E-state index contributed by atoms with van der Waals surface area (Å²) in [7, 11) is -1.17. The van der Waals surface area contributed by atoms with Crippen molar-refractivity contribution < 1.29 is 9.90 Å². The van der Waals surface area contributed by atoms with E-state index < -0.39 is 8.11 Å². The maximum absolute atomic E-state index is 11.3. The third-order valence-electron chi connectivity index (χ3n) is 2.92. The van der Waals surface area contributed by atoms with Crippen molar-refractivity contribution in [1.29, 1.82) is 0 Å². The number of aliphatic hydroxyl groups excluding tert-OH is 1. The molecule has 0 aromatic rings. The number of hydrogen-bond donors (Lipinski definition) is 2. The van der Waals surface area contributed by atoms with Crippen LogP contribution in [0.5, 0.6) is 0 Å². The minimum atomic E-state index is -1.17. The van der Waals surface area contributed by atoms with Crippen LogP contribution in [0, 0.1) is 0 Å². The Labute approximate surface area is 103 Å². The zero-order valence-corrected chi connectivity index (χ0v) is 11.5. The summed E-state index contributed by atoms with van der Waals surface area (Å²) in [4.78, 5) is 13.2. The van der Waals surface area contributed by atoms with Gasteiger partial charge in [-0.05, 0) is 12.0 Å². The molecule has 1 aliphatic rings. The molecule has 1 rings (SSSR count). The van der Waals surface area contributed by atoms with Crippen LogP contribution in [-0.4, -0.2) is 50.0 Å². The van der Waals surface area contributed by atoms with Crippen LogP contribution >= 0.6 is 11.1 Å². The first-order chi connectivity index (χ1) is 7.69. The lowest BCUT2D eigenvalue weighted by Gasteiger charge is -2.21. The van der Waals surface area contributed by atoms with E-state index in [1.807, 2.05) is 4.90 Å². The number of nitrogens with one attached hydrogen (secondary N) is 1. The van der Waals surface area contributed by atoms with Crippen LogP contribution < -0.4 is 5.32 Å². The number of carbonyl (C=O) groups excluding carboxylic acids is 1. The number of rotatable bonds is 7. The van der Waals surface area contributed by atoms with Crippen molar-refractivity contribution in [2.45, 2.75) is 31.7 Å². The molecule has 1 atom stereocenters. The molecule has 0 aliphatic carbocycles. The van der Waals surface area contributed by atoms with E-state index in [-0.39, 0.29) is 12.3 Å². The van der Waals surface area contributed by atoms with E-state index in [1.165, 1.54) is 0 Å². The molecule has 4 nitrogen and oxygen atoms in total. The van der Waals surface area contributed by atoms with Gasteiger partial charge in [0.15, 0.2) is 8.11 Å². The van der Waals surface area contributed by atoms with Crippen molar-refractivity contribution in [3.8, 4) is 0 Å². The van der Waals surface area contributed by atoms with E-state index in [9.17, 15) is 4.79 Å². The Morgan fingerprint density at radius 1 is 1.62 bits per heavy atom. The SMILES string of the molecule is CCCC(CCN1CCNC1=O)[Si](Cl)CO. The van der Waals surface area contributed by atoms with Gasteiger partial charge in [-0.3, -0.25) is 0 Å². The number of urea groups is 1. The van der Waals surface area contributed by atoms with Crippen molar-refractivity contribution in [2.75, 3.05) is 25.9 Å². The number of halogens is 1. The summed E-state index contributed by atoms with van der Waals surface area (Å²) in [6, 6.07) is 0.0302. The molecule has 1 fully saturated rings. The van der Waals surface area contributed by atoms with Gasteiger partial charge in [-0.2, -0.15) is 11.1 Å². The lowest BCUT2D eigenvalue weighted by molar-refractivity contribution is 0.216. The highest BCUT2D eigenvalue weighted by atomic mass is 35.6. The summed E-state index contributed by atoms with van der Waals surface area (Å²) in [6.07, 6.45) is 3.16. The molecule has 0 saturated carbocycles. The Hall–Kier alpha value is -0.263. The van der Waals surface area contributed by atoms with Crippen LogP contribution in [0.25, 0.3) is 0 Å². The third-order valence-corrected chi connectivity index (χ3v) is 5.97. The molecular formula is C10H20ClN2O2Si. The Kier molecular flexibility index (Phi) is 6.16. The molecule has 0 aromatic heterocycles. The van der Waals surface area contributed by atoms with Crippen LogP contribution in [-0.2, 0) is 0 Å². The molecule has 1 unspecified atom stereocenters. The molecule has 93 valence electrons. The van der Waals surface area contributed by atoms with E-state index in [2.05, 4.69) is 12.2 Å². The Morgan fingerprint density at radius 3 is 2.88 bits per heavy atom. The van der Waals surface area contributed by atoms with Gasteiger partial charge >= 0.3 is 6.03 Å². The van der Waals surface area contributed by atoms with Crippen molar-refractivity contribution in [1.82, 2.24) is 10.2 Å². The van der Waals surface area contributed by atoms with Gasteiger partial charge in [0.25, 0.3) is 0 Å². The maximum atomic E-state index is 11.3. The highest BCUT2D eigenvalue weighted by Crippen LogP contribution is 2.24. The van der Waals surface area contributed by atoms with Gasteiger partial charge in [0, 0.05) is 19.6 Å². The van der Waals surface area contributed by atoms with Gasteiger partial charge in [-0.15, -0.1) is 0 Å². The average molecular weight is 264 g/mol. The lowest BCUT2D eigenvalue weighted by Crippen LogP contribution is -2.31. The van der Waals surface area contributed by atoms with E-state index >= 15 is 0 Å². The van der Waals surface area contributed by atoms with Gasteiger partial charge in [-0.1, -0.05) is 19.8 Å². The smallest absolute Gasteiger partial charge is 0.317 e. The maximum Gasteiger partial charge on any atom is 0.317 e. The van der Waals surface area contributed by atoms with Crippen molar-refractivity contribution >= 4 is 25.2 Å². The fourth-order valence-electron chi connectivity index (χ4n) is 1.97. The number of amides is 2. The minimum Gasteiger partial charge on any atom is -0.398 e. The Morgan fingerprint density at radius 2 is 2.38 bits per heavy atom. The van der Waals surface area contributed by atoms with Crippen LogP contribution in [0.3, 0.4) is 0 Å². The van der Waals surface area contributed by atoms with Gasteiger partial charge in [0.2, 0.25) is 0 Å². The second kappa shape index (κ2) is 7.14. The van der Waals surface area contributed by atoms with Crippen LogP contribution in [0.4, 0.5) is 4.79 Å². The first-order valence-electron chi connectivity index (χ1n) is 5.83. The Bertz CT molecular complexity index is 231. The van der Waals surface area contributed by atoms with E-state index in [4.69, 9.17) is 16.2 Å². The van der Waals surface area contributed by atoms with Gasteiger partial charge in [-0.25, -0.2) is 4.79 Å². The van der Waals surface area contributed by atoms with Gasteiger partial charge in [0.05, 0.1) is 6.23 Å². The topological polar surface area (TPSA) is 52.6 Å². The zero-order valence-electron chi connectivity index (χ0n) is 9.71. The number of nitrogens with zero attached hydrogens (tertiary/aromatic N) is 1. The average Bonchev–Trinajstić information content (AvgIpc) is 2.69. The summed E-state index contributed by atoms with van der Waals surface area (Å²) in [5.74, 6) is 0. The van der Waals surface area contributed by atoms with Crippen molar-refractivity contribution in [3.05, 3.63) is 0 Å². The molecule has 1 aliphatic heterocycles. The highest BCUT2D eigenvalue weighted by Gasteiger charge is 2.24. The Balaban J connectivity index is 2.33. The first kappa shape index (κ1) is 13.8. The molecule has 2 amide bonds. The molecule has 0 spiro atoms. The zero-order chi connectivity index (χ0) is 12.0. The first-order valence-corrected chi connectivity index (χ1v) is 8.63. The summed E-state index contributed by atoms with van der Waals surface area (Å²) < 4.78 is 0. The third kappa shape index (κ3) is 3.96. The predicted molar refractivity (Wildman–Crippen MR) is 66.9 cm³/mol. The predicted octanol–water partition coefficient (Wildman–Crippen LogP) is 1.33. The summed E-state index contributed by atoms with van der Waals surface area (Å²) in [6.45, 7) is 4.42. The van der Waals surface area contributed by atoms with Crippen LogP contribution in [0.2, 0.25) is 5.54 Å². The molecule has 2 N–H and O–H groups in total. The van der Waals surface area contributed by atoms with E-state index in [0.717, 1.165) is 38.9 Å². The van der Waals surface area contributed by atoms with Crippen LogP contribution in [0.1, 0.15) is 26.2 Å². The molecule has 1 heterocycles. The molecule has 16 heavy (non-hydrogen) atoms. The fourth-order valence-corrected chi connectivity index (χ4v) is 3.93. The standard InChI is InChI=1S/C10H20ClN2O2Si/c1-2-3-9(16(11)8-14)4-6-13-7-5-12-10(13)15/h9,14H,2-8H2,1H3,(H,12,15). The monoisotopic (exact) mass is 263 g/mol. The van der Waals surface area contributed by atoms with Gasteiger partial charge in [0.1, 0.15) is 0 Å². The number of hydrogen-bond acceptors (Lipinski definition) is 2.